The van der Waals surface area contributed by atoms with E-state index in [2.05, 4.69) is 22.8 Å². The third-order valence-corrected chi connectivity index (χ3v) is 4.23. The summed E-state index contributed by atoms with van der Waals surface area (Å²) in [5.74, 6) is 0. The summed E-state index contributed by atoms with van der Waals surface area (Å²) in [5, 5.41) is 8.16. The van der Waals surface area contributed by atoms with Crippen LogP contribution in [0.4, 0.5) is 11.4 Å². The van der Waals surface area contributed by atoms with Gasteiger partial charge in [-0.15, -0.1) is 0 Å². The minimum Gasteiger partial charge on any atom is -0.381 e. The Balaban J connectivity index is 1.60. The van der Waals surface area contributed by atoms with Crippen LogP contribution in [0, 0.1) is 0 Å². The predicted molar refractivity (Wildman–Crippen MR) is 104 cm³/mol. The molecule has 3 rings (SSSR count). The molecule has 0 radical (unpaired) electrons. The van der Waals surface area contributed by atoms with Crippen LogP contribution in [0.5, 0.6) is 0 Å². The number of nitrogens with one attached hydrogen (secondary N) is 2. The maximum absolute atomic E-state index is 6.38. The second-order valence-electron chi connectivity index (χ2n) is 5.52. The molecule has 3 aromatic rings. The van der Waals surface area contributed by atoms with E-state index in [1.165, 1.54) is 5.56 Å². The minimum absolute atomic E-state index is 0.696. The van der Waals surface area contributed by atoms with Gasteiger partial charge in [-0.3, -0.25) is 0 Å². The molecule has 0 aliphatic rings. The number of halogens is 2. The molecule has 0 amide bonds. The van der Waals surface area contributed by atoms with Crippen molar-refractivity contribution in [3.63, 3.8) is 0 Å². The number of benzene rings is 3. The molecule has 2 nitrogen and oxygen atoms in total. The summed E-state index contributed by atoms with van der Waals surface area (Å²) in [6.07, 6.45) is 0. The monoisotopic (exact) mass is 356 g/mol. The third-order valence-electron chi connectivity index (χ3n) is 3.68. The highest BCUT2D eigenvalue weighted by Gasteiger charge is 2.02. The van der Waals surface area contributed by atoms with Crippen LogP contribution in [0.3, 0.4) is 0 Å². The molecule has 0 saturated heterocycles. The van der Waals surface area contributed by atoms with E-state index in [0.717, 1.165) is 28.5 Å². The number of rotatable bonds is 6. The Morgan fingerprint density at radius 2 is 1.42 bits per heavy atom. The van der Waals surface area contributed by atoms with Gasteiger partial charge in [0, 0.05) is 23.8 Å². The average molecular weight is 357 g/mol. The first-order valence-corrected chi connectivity index (χ1v) is 8.52. The van der Waals surface area contributed by atoms with Crippen molar-refractivity contribution in [3.05, 3.63) is 94.0 Å². The molecule has 2 N–H and O–H groups in total. The highest BCUT2D eigenvalue weighted by atomic mass is 35.5. The van der Waals surface area contributed by atoms with Crippen molar-refractivity contribution >= 4 is 34.6 Å². The predicted octanol–water partition coefficient (Wildman–Crippen LogP) is 6.22. The first kappa shape index (κ1) is 16.7. The van der Waals surface area contributed by atoms with Gasteiger partial charge in [-0.25, -0.2) is 0 Å². The molecule has 0 aliphatic heterocycles. The van der Waals surface area contributed by atoms with E-state index in [1.807, 2.05) is 60.7 Å². The van der Waals surface area contributed by atoms with Crippen LogP contribution in [0.1, 0.15) is 11.1 Å². The van der Waals surface area contributed by atoms with Crippen LogP contribution in [-0.4, -0.2) is 0 Å². The van der Waals surface area contributed by atoms with Crippen LogP contribution < -0.4 is 10.6 Å². The molecule has 0 heterocycles. The molecule has 0 aliphatic carbocycles. The summed E-state index contributed by atoms with van der Waals surface area (Å²) in [4.78, 5) is 0. The van der Waals surface area contributed by atoms with Crippen LogP contribution in [0.25, 0.3) is 0 Å². The Morgan fingerprint density at radius 3 is 2.17 bits per heavy atom. The van der Waals surface area contributed by atoms with Crippen molar-refractivity contribution in [1.82, 2.24) is 0 Å². The fourth-order valence-corrected chi connectivity index (χ4v) is 2.87. The largest absolute Gasteiger partial charge is 0.381 e. The Labute approximate surface area is 152 Å². The quantitative estimate of drug-likeness (QED) is 0.547. The van der Waals surface area contributed by atoms with Gasteiger partial charge >= 0.3 is 0 Å². The van der Waals surface area contributed by atoms with E-state index in [4.69, 9.17) is 23.2 Å². The SMILES string of the molecule is Clc1cccc(CNc2ccc(NCc3ccccc3)c(Cl)c2)c1. The Hall–Kier alpha value is -2.16. The van der Waals surface area contributed by atoms with Crippen molar-refractivity contribution < 1.29 is 0 Å². The molecule has 0 aromatic heterocycles. The van der Waals surface area contributed by atoms with E-state index >= 15 is 0 Å². The molecule has 3 aromatic carbocycles. The molecule has 0 bridgehead atoms. The van der Waals surface area contributed by atoms with Gasteiger partial charge in [-0.1, -0.05) is 65.7 Å². The molecule has 0 atom stereocenters. The Kier molecular flexibility index (Phi) is 5.63. The Morgan fingerprint density at radius 1 is 0.667 bits per heavy atom. The van der Waals surface area contributed by atoms with E-state index < -0.39 is 0 Å². The summed E-state index contributed by atoms with van der Waals surface area (Å²) in [7, 11) is 0. The van der Waals surface area contributed by atoms with Crippen LogP contribution in [0.2, 0.25) is 10.0 Å². The maximum atomic E-state index is 6.38. The lowest BCUT2D eigenvalue weighted by molar-refractivity contribution is 1.14. The van der Waals surface area contributed by atoms with Crippen molar-refractivity contribution in [2.24, 2.45) is 0 Å². The normalized spacial score (nSPS) is 10.4. The van der Waals surface area contributed by atoms with E-state index in [-0.39, 0.29) is 0 Å². The number of anilines is 2. The summed E-state index contributed by atoms with van der Waals surface area (Å²) >= 11 is 12.4. The summed E-state index contributed by atoms with van der Waals surface area (Å²) in [5.41, 5.74) is 4.25. The van der Waals surface area contributed by atoms with E-state index in [1.54, 1.807) is 0 Å². The lowest BCUT2D eigenvalue weighted by Gasteiger charge is -2.12. The molecule has 0 saturated carbocycles. The first-order chi connectivity index (χ1) is 11.7. The molecule has 24 heavy (non-hydrogen) atoms. The lowest BCUT2D eigenvalue weighted by Crippen LogP contribution is -2.02. The van der Waals surface area contributed by atoms with Crippen molar-refractivity contribution in [2.75, 3.05) is 10.6 Å². The van der Waals surface area contributed by atoms with E-state index in [9.17, 15) is 0 Å². The standard InChI is InChI=1S/C20H18Cl2N2/c21-17-8-4-7-16(11-17)14-23-18-9-10-20(19(22)12-18)24-13-15-5-2-1-3-6-15/h1-12,23-24H,13-14H2. The van der Waals surface area contributed by atoms with E-state index in [0.29, 0.717) is 11.6 Å². The molecule has 4 heteroatoms. The smallest absolute Gasteiger partial charge is 0.0658 e. The number of hydrogen-bond acceptors (Lipinski definition) is 2. The van der Waals surface area contributed by atoms with Crippen LogP contribution >= 0.6 is 23.2 Å². The van der Waals surface area contributed by atoms with Gasteiger partial charge in [0.05, 0.1) is 10.7 Å². The highest BCUT2D eigenvalue weighted by Crippen LogP contribution is 2.26. The van der Waals surface area contributed by atoms with Gasteiger partial charge in [-0.05, 0) is 41.5 Å². The van der Waals surface area contributed by atoms with Crippen molar-refractivity contribution in [1.29, 1.82) is 0 Å². The van der Waals surface area contributed by atoms with Gasteiger partial charge in [-0.2, -0.15) is 0 Å². The van der Waals surface area contributed by atoms with Gasteiger partial charge in [0.25, 0.3) is 0 Å². The van der Waals surface area contributed by atoms with Gasteiger partial charge in [0.2, 0.25) is 0 Å². The molecule has 122 valence electrons. The molecule has 0 unspecified atom stereocenters. The summed E-state index contributed by atoms with van der Waals surface area (Å²) in [6, 6.07) is 24.0. The zero-order chi connectivity index (χ0) is 16.8. The molecule has 0 fully saturated rings. The summed E-state index contributed by atoms with van der Waals surface area (Å²) < 4.78 is 0. The fourth-order valence-electron chi connectivity index (χ4n) is 2.41. The fraction of sp³-hybridized carbons (Fsp3) is 0.100. The number of hydrogen-bond donors (Lipinski definition) is 2. The molecule has 0 spiro atoms. The second kappa shape index (κ2) is 8.09. The average Bonchev–Trinajstić information content (AvgIpc) is 2.60. The second-order valence-corrected chi connectivity index (χ2v) is 6.36. The van der Waals surface area contributed by atoms with Crippen molar-refractivity contribution in [2.45, 2.75) is 13.1 Å². The van der Waals surface area contributed by atoms with Gasteiger partial charge in [0.15, 0.2) is 0 Å². The zero-order valence-electron chi connectivity index (χ0n) is 13.1. The topological polar surface area (TPSA) is 24.1 Å². The van der Waals surface area contributed by atoms with Crippen molar-refractivity contribution in [3.8, 4) is 0 Å². The lowest BCUT2D eigenvalue weighted by atomic mass is 10.2. The molecular formula is C20H18Cl2N2. The maximum Gasteiger partial charge on any atom is 0.0658 e. The first-order valence-electron chi connectivity index (χ1n) is 7.76. The van der Waals surface area contributed by atoms with Gasteiger partial charge in [0.1, 0.15) is 0 Å². The zero-order valence-corrected chi connectivity index (χ0v) is 14.6. The van der Waals surface area contributed by atoms with Crippen LogP contribution in [-0.2, 0) is 13.1 Å². The third kappa shape index (κ3) is 4.67. The highest BCUT2D eigenvalue weighted by molar-refractivity contribution is 6.33. The summed E-state index contributed by atoms with van der Waals surface area (Å²) in [6.45, 7) is 1.45. The van der Waals surface area contributed by atoms with Gasteiger partial charge < -0.3 is 10.6 Å². The Bertz CT molecular complexity index is 804. The molecular weight excluding hydrogens is 339 g/mol. The minimum atomic E-state index is 0.696. The van der Waals surface area contributed by atoms with Crippen LogP contribution in [0.15, 0.2) is 72.8 Å².